The summed E-state index contributed by atoms with van der Waals surface area (Å²) >= 11 is 0. The lowest BCUT2D eigenvalue weighted by Gasteiger charge is -2.14. The predicted molar refractivity (Wildman–Crippen MR) is 74.6 cm³/mol. The highest BCUT2D eigenvalue weighted by molar-refractivity contribution is 5.30. The minimum Gasteiger partial charge on any atom is -0.369 e. The van der Waals surface area contributed by atoms with Gasteiger partial charge in [0.15, 0.2) is 0 Å². The standard InChI is InChI=1S/C13H20N6/c1-4-14-13-7-15-12(6-16-13)10-18(2)8-11-5-17-19(3)9-11/h5-7,9H,4,8,10H2,1-3H3,(H,14,16). The van der Waals surface area contributed by atoms with E-state index in [1.54, 1.807) is 6.20 Å². The summed E-state index contributed by atoms with van der Waals surface area (Å²) in [6, 6.07) is 0. The number of aryl methyl sites for hydroxylation is 1. The second-order valence-corrected chi connectivity index (χ2v) is 4.62. The normalized spacial score (nSPS) is 10.9. The van der Waals surface area contributed by atoms with Gasteiger partial charge in [-0.05, 0) is 14.0 Å². The zero-order valence-electron chi connectivity index (χ0n) is 11.7. The molecular formula is C13H20N6. The van der Waals surface area contributed by atoms with E-state index >= 15 is 0 Å². The van der Waals surface area contributed by atoms with Gasteiger partial charge in [0.2, 0.25) is 0 Å². The molecule has 0 radical (unpaired) electrons. The lowest BCUT2D eigenvalue weighted by molar-refractivity contribution is 0.314. The third-order valence-electron chi connectivity index (χ3n) is 2.71. The number of aromatic nitrogens is 4. The molecule has 0 aliphatic carbocycles. The van der Waals surface area contributed by atoms with Crippen LogP contribution in [-0.2, 0) is 20.1 Å². The van der Waals surface area contributed by atoms with Crippen LogP contribution >= 0.6 is 0 Å². The molecule has 6 nitrogen and oxygen atoms in total. The van der Waals surface area contributed by atoms with Gasteiger partial charge in [0, 0.05) is 38.4 Å². The first-order chi connectivity index (χ1) is 9.17. The molecule has 2 aromatic rings. The summed E-state index contributed by atoms with van der Waals surface area (Å²) < 4.78 is 1.81. The van der Waals surface area contributed by atoms with Gasteiger partial charge in [-0.25, -0.2) is 4.98 Å². The second-order valence-electron chi connectivity index (χ2n) is 4.62. The van der Waals surface area contributed by atoms with Gasteiger partial charge in [-0.2, -0.15) is 5.10 Å². The summed E-state index contributed by atoms with van der Waals surface area (Å²) in [5.74, 6) is 0.821. The molecule has 0 aromatic carbocycles. The summed E-state index contributed by atoms with van der Waals surface area (Å²) in [5.41, 5.74) is 2.16. The lowest BCUT2D eigenvalue weighted by atomic mass is 10.3. The molecule has 2 rings (SSSR count). The Labute approximate surface area is 113 Å². The highest BCUT2D eigenvalue weighted by Gasteiger charge is 2.05. The van der Waals surface area contributed by atoms with Gasteiger partial charge in [0.1, 0.15) is 5.82 Å². The van der Waals surface area contributed by atoms with Crippen molar-refractivity contribution in [2.45, 2.75) is 20.0 Å². The number of hydrogen-bond donors (Lipinski definition) is 1. The molecule has 2 heterocycles. The summed E-state index contributed by atoms with van der Waals surface area (Å²) in [4.78, 5) is 10.9. The van der Waals surface area contributed by atoms with Gasteiger partial charge in [-0.15, -0.1) is 0 Å². The molecule has 1 N–H and O–H groups in total. The van der Waals surface area contributed by atoms with Gasteiger partial charge >= 0.3 is 0 Å². The molecule has 0 spiro atoms. The van der Waals surface area contributed by atoms with Crippen molar-refractivity contribution in [2.75, 3.05) is 18.9 Å². The Kier molecular flexibility index (Phi) is 4.46. The average Bonchev–Trinajstić information content (AvgIpc) is 2.77. The quantitative estimate of drug-likeness (QED) is 0.847. The van der Waals surface area contributed by atoms with Crippen molar-refractivity contribution < 1.29 is 0 Å². The van der Waals surface area contributed by atoms with E-state index in [0.717, 1.165) is 31.1 Å². The van der Waals surface area contributed by atoms with Crippen LogP contribution in [0.3, 0.4) is 0 Å². The maximum absolute atomic E-state index is 4.40. The number of nitrogens with zero attached hydrogens (tertiary/aromatic N) is 5. The van der Waals surface area contributed by atoms with Crippen LogP contribution in [0.4, 0.5) is 5.82 Å². The zero-order chi connectivity index (χ0) is 13.7. The van der Waals surface area contributed by atoms with E-state index < -0.39 is 0 Å². The van der Waals surface area contributed by atoms with E-state index in [0.29, 0.717) is 0 Å². The maximum atomic E-state index is 4.40. The number of nitrogens with one attached hydrogen (secondary N) is 1. The van der Waals surface area contributed by atoms with Crippen molar-refractivity contribution in [3.05, 3.63) is 36.0 Å². The fourth-order valence-corrected chi connectivity index (χ4v) is 1.91. The van der Waals surface area contributed by atoms with E-state index in [-0.39, 0.29) is 0 Å². The van der Waals surface area contributed by atoms with Crippen molar-refractivity contribution >= 4 is 5.82 Å². The molecule has 102 valence electrons. The van der Waals surface area contributed by atoms with Crippen molar-refractivity contribution in [1.29, 1.82) is 0 Å². The van der Waals surface area contributed by atoms with Crippen LogP contribution in [0.15, 0.2) is 24.8 Å². The van der Waals surface area contributed by atoms with E-state index in [9.17, 15) is 0 Å². The molecule has 2 aromatic heterocycles. The third-order valence-corrected chi connectivity index (χ3v) is 2.71. The van der Waals surface area contributed by atoms with Gasteiger partial charge in [0.05, 0.1) is 24.3 Å². The largest absolute Gasteiger partial charge is 0.369 e. The first kappa shape index (κ1) is 13.5. The molecule has 0 saturated heterocycles. The molecule has 0 amide bonds. The molecule has 19 heavy (non-hydrogen) atoms. The third kappa shape index (κ3) is 4.03. The number of anilines is 1. The van der Waals surface area contributed by atoms with Gasteiger partial charge in [0.25, 0.3) is 0 Å². The monoisotopic (exact) mass is 260 g/mol. The minimum atomic E-state index is 0.772. The Hall–Kier alpha value is -1.95. The molecule has 0 atom stereocenters. The summed E-state index contributed by atoms with van der Waals surface area (Å²) in [6.07, 6.45) is 7.50. The first-order valence-electron chi connectivity index (χ1n) is 6.38. The van der Waals surface area contributed by atoms with Crippen molar-refractivity contribution in [1.82, 2.24) is 24.6 Å². The van der Waals surface area contributed by atoms with Crippen LogP contribution in [0.2, 0.25) is 0 Å². The molecule has 0 unspecified atom stereocenters. The number of rotatable bonds is 6. The van der Waals surface area contributed by atoms with E-state index in [1.807, 2.05) is 37.2 Å². The molecule has 0 saturated carbocycles. The van der Waals surface area contributed by atoms with Crippen LogP contribution in [-0.4, -0.2) is 38.2 Å². The SMILES string of the molecule is CCNc1cnc(CN(C)Cc2cnn(C)c2)cn1. The van der Waals surface area contributed by atoms with Gasteiger partial charge < -0.3 is 5.32 Å². The van der Waals surface area contributed by atoms with Crippen LogP contribution in [0.5, 0.6) is 0 Å². The summed E-state index contributed by atoms with van der Waals surface area (Å²) in [7, 11) is 3.99. The Bertz CT molecular complexity index is 504. The van der Waals surface area contributed by atoms with Crippen molar-refractivity contribution in [3.8, 4) is 0 Å². The van der Waals surface area contributed by atoms with Crippen LogP contribution in [0.1, 0.15) is 18.2 Å². The molecule has 0 aliphatic heterocycles. The Balaban J connectivity index is 1.89. The van der Waals surface area contributed by atoms with E-state index in [2.05, 4.69) is 32.3 Å². The highest BCUT2D eigenvalue weighted by atomic mass is 15.2. The predicted octanol–water partition coefficient (Wildman–Crippen LogP) is 1.27. The molecule has 0 bridgehead atoms. The molecule has 6 heteroatoms. The zero-order valence-corrected chi connectivity index (χ0v) is 11.7. The fourth-order valence-electron chi connectivity index (χ4n) is 1.91. The lowest BCUT2D eigenvalue weighted by Crippen LogP contribution is -2.18. The van der Waals surface area contributed by atoms with Crippen molar-refractivity contribution in [3.63, 3.8) is 0 Å². The highest BCUT2D eigenvalue weighted by Crippen LogP contribution is 2.06. The molecule has 0 aliphatic rings. The summed E-state index contributed by atoms with van der Waals surface area (Å²) in [5, 5.41) is 7.29. The van der Waals surface area contributed by atoms with Gasteiger partial charge in [-0.3, -0.25) is 14.6 Å². The van der Waals surface area contributed by atoms with Crippen LogP contribution in [0, 0.1) is 0 Å². The Morgan fingerprint density at radius 2 is 2.05 bits per heavy atom. The first-order valence-corrected chi connectivity index (χ1v) is 6.38. The summed E-state index contributed by atoms with van der Waals surface area (Å²) in [6.45, 7) is 4.52. The molecular weight excluding hydrogens is 240 g/mol. The van der Waals surface area contributed by atoms with Crippen LogP contribution in [0.25, 0.3) is 0 Å². The smallest absolute Gasteiger partial charge is 0.144 e. The van der Waals surface area contributed by atoms with Crippen LogP contribution < -0.4 is 5.32 Å². The van der Waals surface area contributed by atoms with E-state index in [1.165, 1.54) is 5.56 Å². The fraction of sp³-hybridized carbons (Fsp3) is 0.462. The van der Waals surface area contributed by atoms with Gasteiger partial charge in [-0.1, -0.05) is 0 Å². The maximum Gasteiger partial charge on any atom is 0.144 e. The Morgan fingerprint density at radius 1 is 1.21 bits per heavy atom. The topological polar surface area (TPSA) is 58.9 Å². The average molecular weight is 260 g/mol. The van der Waals surface area contributed by atoms with Crippen molar-refractivity contribution in [2.24, 2.45) is 7.05 Å². The Morgan fingerprint density at radius 3 is 2.63 bits per heavy atom. The second kappa shape index (κ2) is 6.29. The van der Waals surface area contributed by atoms with E-state index in [4.69, 9.17) is 0 Å². The minimum absolute atomic E-state index is 0.772. The molecule has 0 fully saturated rings. The number of hydrogen-bond acceptors (Lipinski definition) is 5.